The molecule has 0 radical (unpaired) electrons. The topological polar surface area (TPSA) is 34.2 Å². The lowest BCUT2D eigenvalue weighted by Crippen LogP contribution is -2.18. The fourth-order valence-corrected chi connectivity index (χ4v) is 2.05. The van der Waals surface area contributed by atoms with Gasteiger partial charge in [0, 0.05) is 23.9 Å². The van der Waals surface area contributed by atoms with Crippen LogP contribution in [0.1, 0.15) is 6.42 Å². The van der Waals surface area contributed by atoms with Crippen LogP contribution in [0.4, 0.5) is 5.69 Å². The Bertz CT molecular complexity index is 492. The molecule has 1 atom stereocenters. The van der Waals surface area contributed by atoms with Crippen molar-refractivity contribution in [2.45, 2.75) is 12.5 Å². The summed E-state index contributed by atoms with van der Waals surface area (Å²) in [7, 11) is 0. The molecule has 2 aromatic rings. The summed E-state index contributed by atoms with van der Waals surface area (Å²) in [6, 6.07) is 10.8. The van der Waals surface area contributed by atoms with Crippen LogP contribution in [0.5, 0.6) is 0 Å². The number of ether oxygens (including phenoxy) is 1. The van der Waals surface area contributed by atoms with Crippen LogP contribution in [-0.2, 0) is 4.74 Å². The molecule has 82 valence electrons. The molecule has 3 rings (SSSR count). The Kier molecular flexibility index (Phi) is 2.46. The van der Waals surface area contributed by atoms with Crippen LogP contribution >= 0.6 is 0 Å². The van der Waals surface area contributed by atoms with E-state index < -0.39 is 0 Å². The summed E-state index contributed by atoms with van der Waals surface area (Å²) in [6.07, 6.45) is 2.91. The highest BCUT2D eigenvalue weighted by atomic mass is 16.5. The Labute approximate surface area is 94.5 Å². The highest BCUT2D eigenvalue weighted by Gasteiger charge is 2.14. The molecule has 1 N–H and O–H groups in total. The average molecular weight is 214 g/mol. The zero-order chi connectivity index (χ0) is 10.8. The second-order valence-corrected chi connectivity index (χ2v) is 4.12. The number of nitrogens with zero attached hydrogens (tertiary/aromatic N) is 1. The van der Waals surface area contributed by atoms with Gasteiger partial charge in [0.05, 0.1) is 18.2 Å². The molecule has 16 heavy (non-hydrogen) atoms. The van der Waals surface area contributed by atoms with Gasteiger partial charge < -0.3 is 10.1 Å². The first-order valence-corrected chi connectivity index (χ1v) is 5.61. The standard InChI is InChI=1S/C13H14N2O/c1-2-10-8-11(3-4-13(10)14-6-1)15-12-5-7-16-9-12/h1-4,6,8,12,15H,5,7,9H2. The van der Waals surface area contributed by atoms with E-state index in [-0.39, 0.29) is 0 Å². The van der Waals surface area contributed by atoms with Gasteiger partial charge in [0.1, 0.15) is 0 Å². The molecule has 3 nitrogen and oxygen atoms in total. The van der Waals surface area contributed by atoms with E-state index >= 15 is 0 Å². The Morgan fingerprint density at radius 3 is 3.19 bits per heavy atom. The number of rotatable bonds is 2. The molecule has 1 unspecified atom stereocenters. The van der Waals surface area contributed by atoms with Crippen molar-refractivity contribution in [3.05, 3.63) is 36.5 Å². The third kappa shape index (κ3) is 1.86. The number of hydrogen-bond donors (Lipinski definition) is 1. The normalized spacial score (nSPS) is 20.1. The van der Waals surface area contributed by atoms with Gasteiger partial charge in [-0.15, -0.1) is 0 Å². The Morgan fingerprint density at radius 1 is 1.31 bits per heavy atom. The van der Waals surface area contributed by atoms with E-state index in [0.29, 0.717) is 6.04 Å². The van der Waals surface area contributed by atoms with Gasteiger partial charge >= 0.3 is 0 Å². The number of pyridine rings is 1. The van der Waals surface area contributed by atoms with Gasteiger partial charge in [-0.1, -0.05) is 6.07 Å². The summed E-state index contributed by atoms with van der Waals surface area (Å²) in [6.45, 7) is 1.68. The highest BCUT2D eigenvalue weighted by Crippen LogP contribution is 2.19. The fraction of sp³-hybridized carbons (Fsp3) is 0.308. The molecule has 0 amide bonds. The van der Waals surface area contributed by atoms with E-state index in [1.165, 1.54) is 5.39 Å². The molecule has 1 aromatic heterocycles. The van der Waals surface area contributed by atoms with Crippen molar-refractivity contribution in [3.63, 3.8) is 0 Å². The first-order valence-electron chi connectivity index (χ1n) is 5.61. The van der Waals surface area contributed by atoms with Crippen LogP contribution < -0.4 is 5.32 Å². The van der Waals surface area contributed by atoms with Crippen molar-refractivity contribution in [2.24, 2.45) is 0 Å². The summed E-state index contributed by atoms with van der Waals surface area (Å²) in [5, 5.41) is 4.65. The van der Waals surface area contributed by atoms with Crippen molar-refractivity contribution < 1.29 is 4.74 Å². The average Bonchev–Trinajstić information content (AvgIpc) is 2.82. The smallest absolute Gasteiger partial charge is 0.0703 e. The number of benzene rings is 1. The number of fused-ring (bicyclic) bond motifs is 1. The zero-order valence-electron chi connectivity index (χ0n) is 9.02. The van der Waals surface area contributed by atoms with E-state index in [0.717, 1.165) is 30.8 Å². The van der Waals surface area contributed by atoms with E-state index in [4.69, 9.17) is 4.74 Å². The minimum absolute atomic E-state index is 0.453. The molecule has 0 spiro atoms. The maximum absolute atomic E-state index is 5.34. The molecular formula is C13H14N2O. The lowest BCUT2D eigenvalue weighted by atomic mass is 10.2. The van der Waals surface area contributed by atoms with Gasteiger partial charge in [0.15, 0.2) is 0 Å². The first-order chi connectivity index (χ1) is 7.92. The second kappa shape index (κ2) is 4.10. The van der Waals surface area contributed by atoms with E-state index in [1.54, 1.807) is 0 Å². The largest absolute Gasteiger partial charge is 0.380 e. The number of nitrogens with one attached hydrogen (secondary N) is 1. The van der Waals surface area contributed by atoms with Crippen LogP contribution in [0, 0.1) is 0 Å². The predicted octanol–water partition coefficient (Wildman–Crippen LogP) is 2.44. The van der Waals surface area contributed by atoms with Gasteiger partial charge in [-0.25, -0.2) is 0 Å². The molecule has 2 heterocycles. The minimum Gasteiger partial charge on any atom is -0.380 e. The molecule has 1 fully saturated rings. The van der Waals surface area contributed by atoms with Gasteiger partial charge in [0.25, 0.3) is 0 Å². The quantitative estimate of drug-likeness (QED) is 0.833. The number of anilines is 1. The van der Waals surface area contributed by atoms with Gasteiger partial charge in [-0.3, -0.25) is 4.98 Å². The number of aromatic nitrogens is 1. The lowest BCUT2D eigenvalue weighted by molar-refractivity contribution is 0.195. The maximum Gasteiger partial charge on any atom is 0.0703 e. The summed E-state index contributed by atoms with van der Waals surface area (Å²) in [5.41, 5.74) is 2.19. The molecule has 3 heteroatoms. The van der Waals surface area contributed by atoms with Crippen molar-refractivity contribution in [1.82, 2.24) is 4.98 Å². The summed E-state index contributed by atoms with van der Waals surface area (Å²) < 4.78 is 5.34. The molecule has 1 saturated heterocycles. The first kappa shape index (κ1) is 9.60. The third-order valence-corrected chi connectivity index (χ3v) is 2.90. The SMILES string of the molecule is c1cnc2ccc(NC3CCOC3)cc2c1. The van der Waals surface area contributed by atoms with Crippen molar-refractivity contribution >= 4 is 16.6 Å². The van der Waals surface area contributed by atoms with Crippen molar-refractivity contribution in [2.75, 3.05) is 18.5 Å². The van der Waals surface area contributed by atoms with Gasteiger partial charge in [-0.05, 0) is 30.7 Å². The Morgan fingerprint density at radius 2 is 2.31 bits per heavy atom. The van der Waals surface area contributed by atoms with E-state index in [9.17, 15) is 0 Å². The molecule has 0 aliphatic carbocycles. The minimum atomic E-state index is 0.453. The Balaban J connectivity index is 1.86. The van der Waals surface area contributed by atoms with Crippen LogP contribution in [0.2, 0.25) is 0 Å². The number of hydrogen-bond acceptors (Lipinski definition) is 3. The summed E-state index contributed by atoms with van der Waals surface area (Å²) >= 11 is 0. The molecular weight excluding hydrogens is 200 g/mol. The molecule has 0 bridgehead atoms. The van der Waals surface area contributed by atoms with Crippen molar-refractivity contribution in [1.29, 1.82) is 0 Å². The monoisotopic (exact) mass is 214 g/mol. The van der Waals surface area contributed by atoms with Crippen molar-refractivity contribution in [3.8, 4) is 0 Å². The zero-order valence-corrected chi connectivity index (χ0v) is 9.02. The van der Waals surface area contributed by atoms with Crippen LogP contribution in [-0.4, -0.2) is 24.2 Å². The van der Waals surface area contributed by atoms with Crippen LogP contribution in [0.25, 0.3) is 10.9 Å². The van der Waals surface area contributed by atoms with Crippen LogP contribution in [0.15, 0.2) is 36.5 Å². The summed E-state index contributed by atoms with van der Waals surface area (Å²) in [5.74, 6) is 0. The molecule has 1 aliphatic rings. The van der Waals surface area contributed by atoms with Gasteiger partial charge in [-0.2, -0.15) is 0 Å². The van der Waals surface area contributed by atoms with E-state index in [1.807, 2.05) is 18.3 Å². The maximum atomic E-state index is 5.34. The highest BCUT2D eigenvalue weighted by molar-refractivity contribution is 5.82. The molecule has 1 aromatic carbocycles. The summed E-state index contributed by atoms with van der Waals surface area (Å²) in [4.78, 5) is 4.30. The van der Waals surface area contributed by atoms with Gasteiger partial charge in [0.2, 0.25) is 0 Å². The van der Waals surface area contributed by atoms with Crippen LogP contribution in [0.3, 0.4) is 0 Å². The second-order valence-electron chi connectivity index (χ2n) is 4.12. The Hall–Kier alpha value is -1.61. The fourth-order valence-electron chi connectivity index (χ4n) is 2.05. The predicted molar refractivity (Wildman–Crippen MR) is 64.6 cm³/mol. The molecule has 0 saturated carbocycles. The van der Waals surface area contributed by atoms with E-state index in [2.05, 4.69) is 28.5 Å². The lowest BCUT2D eigenvalue weighted by Gasteiger charge is -2.12. The third-order valence-electron chi connectivity index (χ3n) is 2.90. The molecule has 1 aliphatic heterocycles.